The number of amides is 1. The van der Waals surface area contributed by atoms with E-state index >= 15 is 0 Å². The van der Waals surface area contributed by atoms with Crippen molar-refractivity contribution in [3.8, 4) is 0 Å². The minimum Gasteiger partial charge on any atom is -0.392 e. The molecule has 0 saturated heterocycles. The van der Waals surface area contributed by atoms with Crippen LogP contribution >= 0.6 is 0 Å². The van der Waals surface area contributed by atoms with Gasteiger partial charge in [0, 0.05) is 7.05 Å². The first kappa shape index (κ1) is 10.5. The fourth-order valence-corrected chi connectivity index (χ4v) is 1.45. The van der Waals surface area contributed by atoms with E-state index in [-0.39, 0.29) is 12.3 Å². The Balaban J connectivity index is 2.27. The van der Waals surface area contributed by atoms with Gasteiger partial charge in [0.25, 0.3) is 0 Å². The Kier molecular flexibility index (Phi) is 3.27. The maximum atomic E-state index is 11.3. The summed E-state index contributed by atoms with van der Waals surface area (Å²) in [5, 5.41) is 10.7. The maximum Gasteiger partial charge on any atom is 0.248 e. The van der Waals surface area contributed by atoms with E-state index in [1.54, 1.807) is 7.05 Å². The second kappa shape index (κ2) is 4.07. The van der Waals surface area contributed by atoms with Crippen molar-refractivity contribution < 1.29 is 14.7 Å². The number of carbonyl (C=O) groups is 1. The predicted molar refractivity (Wildman–Crippen MR) is 47.7 cm³/mol. The van der Waals surface area contributed by atoms with Crippen molar-refractivity contribution in [2.75, 3.05) is 14.2 Å². The molecule has 1 aliphatic carbocycles. The number of rotatable bonds is 4. The summed E-state index contributed by atoms with van der Waals surface area (Å²) in [5.41, 5.74) is 0. The van der Waals surface area contributed by atoms with Gasteiger partial charge in [0.2, 0.25) is 5.91 Å². The summed E-state index contributed by atoms with van der Waals surface area (Å²) in [6, 6.07) is 0. The van der Waals surface area contributed by atoms with Crippen LogP contribution in [0.1, 0.15) is 19.8 Å². The van der Waals surface area contributed by atoms with Gasteiger partial charge in [0.1, 0.15) is 0 Å². The fraction of sp³-hybridized carbons (Fsp3) is 0.889. The lowest BCUT2D eigenvalue weighted by atomic mass is 10.1. The largest absolute Gasteiger partial charge is 0.392 e. The molecule has 4 nitrogen and oxygen atoms in total. The van der Waals surface area contributed by atoms with Crippen molar-refractivity contribution >= 4 is 5.91 Å². The lowest BCUT2D eigenvalue weighted by Gasteiger charge is -2.16. The van der Waals surface area contributed by atoms with Crippen LogP contribution in [0.4, 0.5) is 0 Å². The Morgan fingerprint density at radius 2 is 2.31 bits per heavy atom. The number of hydrogen-bond acceptors (Lipinski definition) is 3. The molecule has 13 heavy (non-hydrogen) atoms. The van der Waals surface area contributed by atoms with E-state index < -0.39 is 6.10 Å². The lowest BCUT2D eigenvalue weighted by Crippen LogP contribution is -2.29. The van der Waals surface area contributed by atoms with Crippen LogP contribution in [-0.2, 0) is 9.63 Å². The molecule has 0 aliphatic heterocycles. The number of hydrogen-bond donors (Lipinski definition) is 1. The molecule has 1 fully saturated rings. The van der Waals surface area contributed by atoms with Gasteiger partial charge in [-0.3, -0.25) is 9.63 Å². The fourth-order valence-electron chi connectivity index (χ4n) is 1.45. The van der Waals surface area contributed by atoms with Crippen LogP contribution in [0.25, 0.3) is 0 Å². The maximum absolute atomic E-state index is 11.3. The monoisotopic (exact) mass is 187 g/mol. The third-order valence-corrected chi connectivity index (χ3v) is 2.67. The Bertz CT molecular complexity index is 195. The van der Waals surface area contributed by atoms with Crippen molar-refractivity contribution in [1.82, 2.24) is 5.06 Å². The molecule has 2 unspecified atom stereocenters. The van der Waals surface area contributed by atoms with Crippen molar-refractivity contribution in [3.63, 3.8) is 0 Å². The summed E-state index contributed by atoms with van der Waals surface area (Å²) >= 11 is 0. The molecule has 3 atom stereocenters. The summed E-state index contributed by atoms with van der Waals surface area (Å²) in [6.07, 6.45) is 0.699. The van der Waals surface area contributed by atoms with Gasteiger partial charge in [-0.1, -0.05) is 6.92 Å². The zero-order chi connectivity index (χ0) is 10.0. The lowest BCUT2D eigenvalue weighted by molar-refractivity contribution is -0.170. The Morgan fingerprint density at radius 3 is 2.69 bits per heavy atom. The van der Waals surface area contributed by atoms with Gasteiger partial charge in [0.05, 0.1) is 19.6 Å². The van der Waals surface area contributed by atoms with Gasteiger partial charge in [-0.25, -0.2) is 5.06 Å². The average molecular weight is 187 g/mol. The van der Waals surface area contributed by atoms with E-state index in [9.17, 15) is 9.90 Å². The van der Waals surface area contributed by atoms with Crippen molar-refractivity contribution in [1.29, 1.82) is 0 Å². The topological polar surface area (TPSA) is 49.8 Å². The van der Waals surface area contributed by atoms with Crippen LogP contribution in [0.3, 0.4) is 0 Å². The second-order valence-corrected chi connectivity index (χ2v) is 3.72. The van der Waals surface area contributed by atoms with E-state index in [4.69, 9.17) is 4.84 Å². The Morgan fingerprint density at radius 1 is 1.77 bits per heavy atom. The predicted octanol–water partition coefficient (Wildman–Crippen LogP) is 0.413. The first-order valence-corrected chi connectivity index (χ1v) is 4.55. The first-order chi connectivity index (χ1) is 6.06. The molecule has 76 valence electrons. The molecule has 1 aliphatic rings. The van der Waals surface area contributed by atoms with E-state index in [1.165, 1.54) is 7.11 Å². The summed E-state index contributed by atoms with van der Waals surface area (Å²) in [5.74, 6) is 0.707. The van der Waals surface area contributed by atoms with Crippen LogP contribution in [0.5, 0.6) is 0 Å². The molecule has 1 N–H and O–H groups in total. The first-order valence-electron chi connectivity index (χ1n) is 4.55. The van der Waals surface area contributed by atoms with Gasteiger partial charge in [-0.05, 0) is 18.3 Å². The third-order valence-electron chi connectivity index (χ3n) is 2.67. The highest BCUT2D eigenvalue weighted by molar-refractivity contribution is 5.75. The smallest absolute Gasteiger partial charge is 0.248 e. The van der Waals surface area contributed by atoms with Crippen molar-refractivity contribution in [2.45, 2.75) is 25.9 Å². The molecule has 0 aromatic heterocycles. The number of carbonyl (C=O) groups excluding carboxylic acids is 1. The zero-order valence-electron chi connectivity index (χ0n) is 8.36. The highest BCUT2D eigenvalue weighted by atomic mass is 16.7. The Labute approximate surface area is 78.4 Å². The summed E-state index contributed by atoms with van der Waals surface area (Å²) in [7, 11) is 2.98. The summed E-state index contributed by atoms with van der Waals surface area (Å²) in [4.78, 5) is 16.0. The van der Waals surface area contributed by atoms with Gasteiger partial charge in [-0.2, -0.15) is 0 Å². The number of nitrogens with zero attached hydrogens (tertiary/aromatic N) is 1. The van der Waals surface area contributed by atoms with Crippen LogP contribution in [-0.4, -0.2) is 36.3 Å². The zero-order valence-corrected chi connectivity index (χ0v) is 8.36. The van der Waals surface area contributed by atoms with Crippen molar-refractivity contribution in [2.24, 2.45) is 11.8 Å². The molecule has 0 radical (unpaired) electrons. The van der Waals surface area contributed by atoms with Gasteiger partial charge in [0.15, 0.2) is 0 Å². The average Bonchev–Trinajstić information content (AvgIpc) is 2.81. The van der Waals surface area contributed by atoms with E-state index in [2.05, 4.69) is 6.92 Å². The third kappa shape index (κ3) is 2.67. The molecule has 4 heteroatoms. The van der Waals surface area contributed by atoms with Crippen LogP contribution in [0.15, 0.2) is 0 Å². The highest BCUT2D eigenvalue weighted by Gasteiger charge is 2.39. The normalized spacial score (nSPS) is 28.3. The Hall–Kier alpha value is -0.610. The molecule has 1 rings (SSSR count). The SMILES string of the molecule is CON(C)C(=O)C[C@@H](O)C1CC1C. The van der Waals surface area contributed by atoms with Crippen molar-refractivity contribution in [3.05, 3.63) is 0 Å². The van der Waals surface area contributed by atoms with Gasteiger partial charge < -0.3 is 5.11 Å². The molecule has 0 spiro atoms. The summed E-state index contributed by atoms with van der Waals surface area (Å²) in [6.45, 7) is 2.08. The molecule has 0 aromatic rings. The van der Waals surface area contributed by atoms with Gasteiger partial charge >= 0.3 is 0 Å². The number of hydroxylamine groups is 2. The van der Waals surface area contributed by atoms with Crippen LogP contribution < -0.4 is 0 Å². The highest BCUT2D eigenvalue weighted by Crippen LogP contribution is 2.41. The minimum absolute atomic E-state index is 0.166. The molecular formula is C9H17NO3. The number of aliphatic hydroxyl groups is 1. The molecule has 0 bridgehead atoms. The molecule has 0 heterocycles. The second-order valence-electron chi connectivity index (χ2n) is 3.72. The van der Waals surface area contributed by atoms with E-state index in [0.717, 1.165) is 11.5 Å². The summed E-state index contributed by atoms with van der Waals surface area (Å²) < 4.78 is 0. The minimum atomic E-state index is -0.500. The standard InChI is InChI=1S/C9H17NO3/c1-6-4-7(6)8(11)5-9(12)10(2)13-3/h6-8,11H,4-5H2,1-3H3/t6?,7?,8-/m1/s1. The van der Waals surface area contributed by atoms with Crippen LogP contribution in [0.2, 0.25) is 0 Å². The van der Waals surface area contributed by atoms with Gasteiger partial charge in [-0.15, -0.1) is 0 Å². The number of aliphatic hydroxyl groups excluding tert-OH is 1. The van der Waals surface area contributed by atoms with E-state index in [0.29, 0.717) is 11.8 Å². The molecule has 1 amide bonds. The molecule has 0 aromatic carbocycles. The molecule has 1 saturated carbocycles. The van der Waals surface area contributed by atoms with E-state index in [1.807, 2.05) is 0 Å². The van der Waals surface area contributed by atoms with Crippen LogP contribution in [0, 0.1) is 11.8 Å². The quantitative estimate of drug-likeness (QED) is 0.649. The molecular weight excluding hydrogens is 170 g/mol.